The van der Waals surface area contributed by atoms with Crippen LogP contribution in [-0.2, 0) is 0 Å². The van der Waals surface area contributed by atoms with Crippen LogP contribution in [0.4, 0.5) is 17.1 Å². The molecule has 0 N–H and O–H groups in total. The highest BCUT2D eigenvalue weighted by atomic mass is 32.1. The molecule has 2 heteroatoms. The van der Waals surface area contributed by atoms with Gasteiger partial charge in [-0.1, -0.05) is 170 Å². The van der Waals surface area contributed by atoms with Gasteiger partial charge in [0.05, 0.1) is 0 Å². The van der Waals surface area contributed by atoms with E-state index in [-0.39, 0.29) is 0 Å². The lowest BCUT2D eigenvalue weighted by Crippen LogP contribution is -2.10. The van der Waals surface area contributed by atoms with Crippen molar-refractivity contribution in [2.24, 2.45) is 0 Å². The van der Waals surface area contributed by atoms with Crippen LogP contribution >= 0.6 is 11.3 Å². The molecule has 0 fully saturated rings. The lowest BCUT2D eigenvalue weighted by atomic mass is 9.85. The van der Waals surface area contributed by atoms with E-state index in [2.05, 4.69) is 229 Å². The molecule has 10 aromatic carbocycles. The molecule has 272 valence electrons. The minimum atomic E-state index is 1.10. The van der Waals surface area contributed by atoms with Gasteiger partial charge in [0.2, 0.25) is 0 Å². The third-order valence-corrected chi connectivity index (χ3v) is 12.6. The van der Waals surface area contributed by atoms with Crippen molar-refractivity contribution in [1.82, 2.24) is 0 Å². The fourth-order valence-corrected chi connectivity index (χ4v) is 9.80. The fraction of sp³-hybridized carbons (Fsp3) is 0. The minimum absolute atomic E-state index is 1.10. The topological polar surface area (TPSA) is 3.24 Å². The van der Waals surface area contributed by atoms with Crippen LogP contribution in [0.25, 0.3) is 86.2 Å². The van der Waals surface area contributed by atoms with Gasteiger partial charge >= 0.3 is 0 Å². The zero-order valence-corrected chi connectivity index (χ0v) is 32.5. The maximum absolute atomic E-state index is 2.41. The summed E-state index contributed by atoms with van der Waals surface area (Å²) in [6.45, 7) is 0. The third-order valence-electron chi connectivity index (χ3n) is 11.5. The van der Waals surface area contributed by atoms with Gasteiger partial charge in [-0.05, 0) is 121 Å². The van der Waals surface area contributed by atoms with E-state index in [1.807, 2.05) is 11.3 Å². The summed E-state index contributed by atoms with van der Waals surface area (Å²) in [5.41, 5.74) is 13.0. The second-order valence-electron chi connectivity index (χ2n) is 14.9. The number of fused-ring (bicyclic) bond motifs is 6. The highest BCUT2D eigenvalue weighted by molar-refractivity contribution is 7.25. The number of anilines is 3. The average Bonchev–Trinajstić information content (AvgIpc) is 3.68. The van der Waals surface area contributed by atoms with Crippen LogP contribution in [0.5, 0.6) is 0 Å². The monoisotopic (exact) mass is 755 g/mol. The number of benzene rings is 10. The highest BCUT2D eigenvalue weighted by Gasteiger charge is 2.20. The molecule has 11 rings (SSSR count). The number of rotatable bonds is 7. The van der Waals surface area contributed by atoms with Crippen LogP contribution in [0.15, 0.2) is 224 Å². The zero-order valence-electron chi connectivity index (χ0n) is 31.7. The van der Waals surface area contributed by atoms with Gasteiger partial charge in [0.15, 0.2) is 0 Å². The molecule has 0 bridgehead atoms. The van der Waals surface area contributed by atoms with E-state index in [1.165, 1.54) is 86.2 Å². The van der Waals surface area contributed by atoms with Crippen molar-refractivity contribution in [3.8, 4) is 44.5 Å². The van der Waals surface area contributed by atoms with E-state index in [1.54, 1.807) is 0 Å². The molecule has 0 aliphatic carbocycles. The van der Waals surface area contributed by atoms with Crippen molar-refractivity contribution in [2.75, 3.05) is 4.90 Å². The van der Waals surface area contributed by atoms with Gasteiger partial charge in [-0.25, -0.2) is 0 Å². The first-order valence-corrected chi connectivity index (χ1v) is 20.7. The summed E-state index contributed by atoms with van der Waals surface area (Å²) in [5, 5.41) is 7.60. The summed E-state index contributed by atoms with van der Waals surface area (Å²) < 4.78 is 2.65. The molecule has 0 unspecified atom stereocenters. The largest absolute Gasteiger partial charge is 0.310 e. The maximum Gasteiger partial charge on any atom is 0.0468 e. The molecule has 0 aliphatic heterocycles. The van der Waals surface area contributed by atoms with Crippen molar-refractivity contribution in [2.45, 2.75) is 0 Å². The van der Waals surface area contributed by atoms with Crippen LogP contribution in [0.2, 0.25) is 0 Å². The molecule has 0 saturated heterocycles. The lowest BCUT2D eigenvalue weighted by Gasteiger charge is -2.27. The van der Waals surface area contributed by atoms with Crippen molar-refractivity contribution in [3.05, 3.63) is 224 Å². The van der Waals surface area contributed by atoms with Gasteiger partial charge in [-0.2, -0.15) is 0 Å². The van der Waals surface area contributed by atoms with Crippen molar-refractivity contribution >= 4 is 70.1 Å². The normalized spacial score (nSPS) is 11.4. The molecule has 0 amide bonds. The van der Waals surface area contributed by atoms with Gasteiger partial charge in [0.25, 0.3) is 0 Å². The average molecular weight is 756 g/mol. The predicted molar refractivity (Wildman–Crippen MR) is 251 cm³/mol. The summed E-state index contributed by atoms with van der Waals surface area (Å²) in [5.74, 6) is 0. The molecule has 11 aromatic rings. The lowest BCUT2D eigenvalue weighted by molar-refractivity contribution is 1.29. The Hall–Kier alpha value is -7.26. The number of nitrogens with zero attached hydrogens (tertiary/aromatic N) is 1. The predicted octanol–water partition coefficient (Wildman–Crippen LogP) is 16.5. The van der Waals surface area contributed by atoms with E-state index >= 15 is 0 Å². The molecule has 1 nitrogen and oxygen atoms in total. The summed E-state index contributed by atoms with van der Waals surface area (Å²) in [4.78, 5) is 2.40. The number of thiophene rings is 1. The third kappa shape index (κ3) is 5.94. The second kappa shape index (κ2) is 14.4. The van der Waals surface area contributed by atoms with E-state index in [0.717, 1.165) is 17.1 Å². The molecule has 58 heavy (non-hydrogen) atoms. The molecular weight excluding hydrogens is 719 g/mol. The van der Waals surface area contributed by atoms with Gasteiger partial charge < -0.3 is 4.90 Å². The standard InChI is InChI=1S/C56H37NS/c1-4-14-38(15-5-1)39-24-29-44(30-25-39)57(45-31-26-40(27-32-45)43-28-35-54-51(36-43)49-21-12-13-23-53(49)58-54)46-33-34-48-47-20-10-11-22-50(47)55(41-16-6-2-7-17-41)56(52(48)37-46)42-18-8-3-9-19-42/h1-37H. The molecular formula is C56H37NS. The van der Waals surface area contributed by atoms with Crippen LogP contribution in [-0.4, -0.2) is 0 Å². The quantitative estimate of drug-likeness (QED) is 0.146. The van der Waals surface area contributed by atoms with Crippen LogP contribution < -0.4 is 4.90 Å². The molecule has 0 spiro atoms. The summed E-state index contributed by atoms with van der Waals surface area (Å²) in [6.07, 6.45) is 0. The summed E-state index contributed by atoms with van der Waals surface area (Å²) in [6, 6.07) is 82.0. The molecule has 1 aromatic heterocycles. The van der Waals surface area contributed by atoms with E-state index in [4.69, 9.17) is 0 Å². The summed E-state index contributed by atoms with van der Waals surface area (Å²) >= 11 is 1.86. The number of hydrogen-bond acceptors (Lipinski definition) is 2. The first-order valence-electron chi connectivity index (χ1n) is 19.8. The smallest absolute Gasteiger partial charge is 0.0468 e. The summed E-state index contributed by atoms with van der Waals surface area (Å²) in [7, 11) is 0. The Morgan fingerprint density at radius 2 is 0.672 bits per heavy atom. The van der Waals surface area contributed by atoms with E-state index < -0.39 is 0 Å². The Balaban J connectivity index is 1.11. The molecule has 0 radical (unpaired) electrons. The molecule has 0 atom stereocenters. The molecule has 1 heterocycles. The Bertz CT molecular complexity index is 3240. The molecule has 0 saturated carbocycles. The SMILES string of the molecule is c1ccc(-c2ccc(N(c3ccc(-c4ccc5sc6ccccc6c5c4)cc3)c3ccc4c(c3)c(-c3ccccc3)c(-c3ccccc3)c3ccccc34)cc2)cc1. The van der Waals surface area contributed by atoms with Crippen LogP contribution in [0.3, 0.4) is 0 Å². The van der Waals surface area contributed by atoms with Gasteiger partial charge in [-0.3, -0.25) is 0 Å². The zero-order chi connectivity index (χ0) is 38.4. The Labute approximate surface area is 342 Å². The van der Waals surface area contributed by atoms with Gasteiger partial charge in [0.1, 0.15) is 0 Å². The molecule has 0 aliphatic rings. The van der Waals surface area contributed by atoms with Gasteiger partial charge in [-0.15, -0.1) is 11.3 Å². The van der Waals surface area contributed by atoms with Crippen LogP contribution in [0.1, 0.15) is 0 Å². The maximum atomic E-state index is 2.41. The Kier molecular flexibility index (Phi) is 8.42. The second-order valence-corrected chi connectivity index (χ2v) is 15.9. The Morgan fingerprint density at radius 1 is 0.241 bits per heavy atom. The first-order chi connectivity index (χ1) is 28.8. The van der Waals surface area contributed by atoms with E-state index in [9.17, 15) is 0 Å². The van der Waals surface area contributed by atoms with Crippen LogP contribution in [0, 0.1) is 0 Å². The van der Waals surface area contributed by atoms with Crippen molar-refractivity contribution in [1.29, 1.82) is 0 Å². The highest BCUT2D eigenvalue weighted by Crippen LogP contribution is 2.47. The first kappa shape index (κ1) is 34.0. The fourth-order valence-electron chi connectivity index (χ4n) is 8.72. The number of hydrogen-bond donors (Lipinski definition) is 0. The Morgan fingerprint density at radius 3 is 1.31 bits per heavy atom. The van der Waals surface area contributed by atoms with Crippen molar-refractivity contribution in [3.63, 3.8) is 0 Å². The minimum Gasteiger partial charge on any atom is -0.310 e. The van der Waals surface area contributed by atoms with E-state index in [0.29, 0.717) is 0 Å². The van der Waals surface area contributed by atoms with Crippen molar-refractivity contribution < 1.29 is 0 Å². The van der Waals surface area contributed by atoms with Gasteiger partial charge in [0, 0.05) is 37.2 Å².